The van der Waals surface area contributed by atoms with Gasteiger partial charge in [-0.25, -0.2) is 9.59 Å². The van der Waals surface area contributed by atoms with Crippen LogP contribution in [0.2, 0.25) is 0 Å². The van der Waals surface area contributed by atoms with Crippen LogP contribution in [-0.2, 0) is 9.53 Å². The van der Waals surface area contributed by atoms with Crippen LogP contribution in [0, 0.1) is 0 Å². The third-order valence-electron chi connectivity index (χ3n) is 3.18. The van der Waals surface area contributed by atoms with Gasteiger partial charge in [0, 0.05) is 0 Å². The van der Waals surface area contributed by atoms with Crippen LogP contribution < -0.4 is 5.32 Å². The highest BCUT2D eigenvalue weighted by Gasteiger charge is 2.36. The Hall–Kier alpha value is -0.990. The Morgan fingerprint density at radius 3 is 2.71 bits per heavy atom. The van der Waals surface area contributed by atoms with E-state index in [1.807, 2.05) is 20.1 Å². The summed E-state index contributed by atoms with van der Waals surface area (Å²) >= 11 is 1.53. The van der Waals surface area contributed by atoms with E-state index in [1.165, 1.54) is 16.7 Å². The molecule has 0 aliphatic carbocycles. The summed E-state index contributed by atoms with van der Waals surface area (Å²) in [5.74, 6) is -0.380. The SMILES string of the molecule is CSCCC(NC(=O)N1CC(CO)OC(C)(C)C1)C(=O)O. The molecule has 1 rings (SSSR count). The summed E-state index contributed by atoms with van der Waals surface area (Å²) in [4.78, 5) is 24.9. The number of hydrogen-bond donors (Lipinski definition) is 3. The Labute approximate surface area is 129 Å². The van der Waals surface area contributed by atoms with Crippen molar-refractivity contribution in [3.05, 3.63) is 0 Å². The van der Waals surface area contributed by atoms with E-state index in [4.69, 9.17) is 9.84 Å². The quantitative estimate of drug-likeness (QED) is 0.654. The number of nitrogens with one attached hydrogen (secondary N) is 1. The largest absolute Gasteiger partial charge is 0.480 e. The standard InChI is InChI=1S/C13H24N2O5S/c1-13(2)8-15(6-9(7-16)20-13)12(19)14-10(11(17)18)4-5-21-3/h9-10,16H,4-8H2,1-3H3,(H,14,19)(H,17,18). The molecule has 3 N–H and O–H groups in total. The van der Waals surface area contributed by atoms with Crippen molar-refractivity contribution in [2.24, 2.45) is 0 Å². The molecule has 0 radical (unpaired) electrons. The zero-order valence-electron chi connectivity index (χ0n) is 12.7. The molecule has 1 aliphatic rings. The van der Waals surface area contributed by atoms with Crippen LogP contribution in [0.25, 0.3) is 0 Å². The number of morpholine rings is 1. The Balaban J connectivity index is 2.65. The Morgan fingerprint density at radius 2 is 2.19 bits per heavy atom. The molecule has 1 saturated heterocycles. The summed E-state index contributed by atoms with van der Waals surface area (Å²) in [6, 6.07) is -1.33. The second-order valence-electron chi connectivity index (χ2n) is 5.68. The van der Waals surface area contributed by atoms with Crippen molar-refractivity contribution in [3.8, 4) is 0 Å². The molecule has 0 bridgehead atoms. The minimum atomic E-state index is -1.04. The average Bonchev–Trinajstić information content (AvgIpc) is 2.40. The molecule has 0 spiro atoms. The number of carboxylic acids is 1. The molecular formula is C13H24N2O5S. The van der Waals surface area contributed by atoms with Crippen LogP contribution in [0.1, 0.15) is 20.3 Å². The van der Waals surface area contributed by atoms with Gasteiger partial charge in [-0.15, -0.1) is 0 Å². The van der Waals surface area contributed by atoms with Crippen molar-refractivity contribution in [2.45, 2.75) is 38.0 Å². The highest BCUT2D eigenvalue weighted by molar-refractivity contribution is 7.98. The van der Waals surface area contributed by atoms with Crippen LogP contribution in [0.5, 0.6) is 0 Å². The maximum absolute atomic E-state index is 12.2. The number of amides is 2. The molecule has 1 aliphatic heterocycles. The van der Waals surface area contributed by atoms with Crippen molar-refractivity contribution < 1.29 is 24.5 Å². The number of carbonyl (C=O) groups excluding carboxylic acids is 1. The van der Waals surface area contributed by atoms with Crippen molar-refractivity contribution in [1.82, 2.24) is 10.2 Å². The van der Waals surface area contributed by atoms with Crippen molar-refractivity contribution >= 4 is 23.8 Å². The highest BCUT2D eigenvalue weighted by atomic mass is 32.2. The van der Waals surface area contributed by atoms with E-state index < -0.39 is 29.7 Å². The zero-order valence-corrected chi connectivity index (χ0v) is 13.5. The van der Waals surface area contributed by atoms with Gasteiger partial charge in [0.05, 0.1) is 31.4 Å². The lowest BCUT2D eigenvalue weighted by molar-refractivity contribution is -0.141. The molecule has 1 heterocycles. The predicted octanol–water partition coefficient (Wildman–Crippen LogP) is 0.374. The number of rotatable bonds is 6. The van der Waals surface area contributed by atoms with Gasteiger partial charge in [0.25, 0.3) is 0 Å². The fourth-order valence-corrected chi connectivity index (χ4v) is 2.75. The van der Waals surface area contributed by atoms with E-state index in [1.54, 1.807) is 0 Å². The van der Waals surface area contributed by atoms with E-state index in [0.29, 0.717) is 18.7 Å². The summed E-state index contributed by atoms with van der Waals surface area (Å²) in [5.41, 5.74) is -0.568. The van der Waals surface area contributed by atoms with Crippen LogP contribution >= 0.6 is 11.8 Å². The van der Waals surface area contributed by atoms with E-state index in [2.05, 4.69) is 5.32 Å². The maximum Gasteiger partial charge on any atom is 0.326 e. The number of ether oxygens (including phenoxy) is 1. The van der Waals surface area contributed by atoms with Gasteiger partial charge >= 0.3 is 12.0 Å². The van der Waals surface area contributed by atoms with Crippen LogP contribution in [-0.4, -0.2) is 76.6 Å². The first-order valence-corrected chi connectivity index (χ1v) is 8.24. The average molecular weight is 320 g/mol. The number of hydrogen-bond acceptors (Lipinski definition) is 5. The fraction of sp³-hybridized carbons (Fsp3) is 0.846. The Morgan fingerprint density at radius 1 is 1.52 bits per heavy atom. The van der Waals surface area contributed by atoms with Crippen molar-refractivity contribution in [3.63, 3.8) is 0 Å². The maximum atomic E-state index is 12.2. The first-order chi connectivity index (χ1) is 9.79. The topological polar surface area (TPSA) is 99.1 Å². The van der Waals surface area contributed by atoms with Gasteiger partial charge in [-0.2, -0.15) is 11.8 Å². The van der Waals surface area contributed by atoms with Crippen molar-refractivity contribution in [1.29, 1.82) is 0 Å². The van der Waals surface area contributed by atoms with Gasteiger partial charge in [0.1, 0.15) is 6.04 Å². The monoisotopic (exact) mass is 320 g/mol. The van der Waals surface area contributed by atoms with Crippen LogP contribution in [0.3, 0.4) is 0 Å². The predicted molar refractivity (Wildman–Crippen MR) is 80.6 cm³/mol. The molecular weight excluding hydrogens is 296 g/mol. The lowest BCUT2D eigenvalue weighted by Crippen LogP contribution is -2.59. The second kappa shape index (κ2) is 7.86. The Kier molecular flexibility index (Phi) is 6.76. The smallest absolute Gasteiger partial charge is 0.326 e. The minimum absolute atomic E-state index is 0.179. The molecule has 2 atom stereocenters. The molecule has 122 valence electrons. The molecule has 8 heteroatoms. The summed E-state index contributed by atoms with van der Waals surface area (Å²) < 4.78 is 5.63. The normalized spacial score (nSPS) is 22.7. The molecule has 7 nitrogen and oxygen atoms in total. The van der Waals surface area contributed by atoms with Gasteiger partial charge in [-0.05, 0) is 32.3 Å². The van der Waals surface area contributed by atoms with Gasteiger partial charge in [0.15, 0.2) is 0 Å². The van der Waals surface area contributed by atoms with Gasteiger partial charge in [0.2, 0.25) is 0 Å². The third kappa shape index (κ3) is 5.72. The molecule has 0 aromatic carbocycles. The Bertz CT molecular complexity index is 378. The van der Waals surface area contributed by atoms with Gasteiger partial charge in [-0.1, -0.05) is 0 Å². The highest BCUT2D eigenvalue weighted by Crippen LogP contribution is 2.21. The van der Waals surface area contributed by atoms with Gasteiger partial charge in [-0.3, -0.25) is 0 Å². The minimum Gasteiger partial charge on any atom is -0.480 e. The molecule has 2 amide bonds. The number of nitrogens with zero attached hydrogens (tertiary/aromatic N) is 1. The van der Waals surface area contributed by atoms with E-state index in [0.717, 1.165) is 0 Å². The number of thioether (sulfide) groups is 1. The molecule has 1 fully saturated rings. The van der Waals surface area contributed by atoms with E-state index in [9.17, 15) is 14.7 Å². The molecule has 21 heavy (non-hydrogen) atoms. The number of aliphatic hydroxyl groups excluding tert-OH is 1. The van der Waals surface area contributed by atoms with Crippen LogP contribution in [0.4, 0.5) is 4.79 Å². The summed E-state index contributed by atoms with van der Waals surface area (Å²) in [5, 5.41) is 20.9. The first-order valence-electron chi connectivity index (χ1n) is 6.85. The summed E-state index contributed by atoms with van der Waals surface area (Å²) in [7, 11) is 0. The number of carboxylic acid groups (broad SMARTS) is 1. The summed E-state index contributed by atoms with van der Waals surface area (Å²) in [6.07, 6.45) is 1.81. The van der Waals surface area contributed by atoms with E-state index in [-0.39, 0.29) is 13.2 Å². The molecule has 0 saturated carbocycles. The summed E-state index contributed by atoms with van der Waals surface area (Å²) in [6.45, 7) is 4.09. The second-order valence-corrected chi connectivity index (χ2v) is 6.67. The first kappa shape index (κ1) is 18.1. The lowest BCUT2D eigenvalue weighted by atomic mass is 10.1. The zero-order chi connectivity index (χ0) is 16.0. The number of aliphatic hydroxyl groups is 1. The molecule has 0 aromatic heterocycles. The number of carbonyl (C=O) groups is 2. The number of aliphatic carboxylic acids is 1. The van der Waals surface area contributed by atoms with E-state index >= 15 is 0 Å². The third-order valence-corrected chi connectivity index (χ3v) is 3.82. The van der Waals surface area contributed by atoms with Gasteiger partial charge < -0.3 is 25.2 Å². The molecule has 0 aromatic rings. The van der Waals surface area contributed by atoms with Crippen molar-refractivity contribution in [2.75, 3.05) is 31.7 Å². The molecule has 2 unspecified atom stereocenters. The number of urea groups is 1. The fourth-order valence-electron chi connectivity index (χ4n) is 2.28. The lowest BCUT2D eigenvalue weighted by Gasteiger charge is -2.42. The van der Waals surface area contributed by atoms with Crippen LogP contribution in [0.15, 0.2) is 0 Å².